The van der Waals surface area contributed by atoms with Crippen molar-refractivity contribution in [1.29, 1.82) is 0 Å². The van der Waals surface area contributed by atoms with Gasteiger partial charge in [-0.05, 0) is 44.9 Å². The van der Waals surface area contributed by atoms with Crippen molar-refractivity contribution in [2.45, 2.75) is 44.9 Å². The Morgan fingerprint density at radius 3 is 2.33 bits per heavy atom. The highest BCUT2D eigenvalue weighted by atomic mass is 32.2. The number of hydrogen-bond acceptors (Lipinski definition) is 4. The van der Waals surface area contributed by atoms with Gasteiger partial charge in [-0.25, -0.2) is 8.42 Å². The number of benzene rings is 1. The van der Waals surface area contributed by atoms with E-state index < -0.39 is 26.7 Å². The number of nitrogens with zero attached hydrogens (tertiary/aromatic N) is 1. The lowest BCUT2D eigenvalue weighted by Crippen LogP contribution is -2.34. The average Bonchev–Trinajstić information content (AvgIpc) is 2.92. The fraction of sp³-hybridized carbons (Fsp3) is 0.529. The summed E-state index contributed by atoms with van der Waals surface area (Å²) < 4.78 is 23.6. The summed E-state index contributed by atoms with van der Waals surface area (Å²) in [5.74, 6) is -0.881. The van der Waals surface area contributed by atoms with Crippen LogP contribution in [0.3, 0.4) is 0 Å². The van der Waals surface area contributed by atoms with E-state index in [1.807, 2.05) is 24.3 Å². The van der Waals surface area contributed by atoms with Crippen LogP contribution in [0.2, 0.25) is 0 Å². The molecule has 0 bridgehead atoms. The summed E-state index contributed by atoms with van der Waals surface area (Å²) in [5.41, 5.74) is 1.71. The fourth-order valence-electron chi connectivity index (χ4n) is 2.58. The molecule has 1 aliphatic heterocycles. The largest absolute Gasteiger partial charge is 0.349 e. The minimum absolute atomic E-state index is 0.128. The second-order valence-electron chi connectivity index (χ2n) is 6.39. The van der Waals surface area contributed by atoms with Crippen LogP contribution < -0.4 is 10.2 Å². The first-order chi connectivity index (χ1) is 11.2. The summed E-state index contributed by atoms with van der Waals surface area (Å²) in [4.78, 5) is 25.4. The predicted molar refractivity (Wildman–Crippen MR) is 93.5 cm³/mol. The van der Waals surface area contributed by atoms with Gasteiger partial charge in [0.2, 0.25) is 11.8 Å². The molecule has 0 spiro atoms. The number of carbonyl (C=O) groups excluding carboxylic acids is 2. The normalized spacial score (nSPS) is 16.5. The predicted octanol–water partition coefficient (Wildman–Crippen LogP) is 1.81. The molecule has 0 radical (unpaired) electrons. The van der Waals surface area contributed by atoms with Crippen molar-refractivity contribution < 1.29 is 18.0 Å². The van der Waals surface area contributed by atoms with Crippen molar-refractivity contribution in [2.24, 2.45) is 0 Å². The standard InChI is InChI=1S/C17H24N2O4S/c1-12(2)24(22,23)11-16(20)18-13(3)14-6-8-15(9-7-14)19-10-4-5-17(19)21/h6-9,12-13H,4-5,10-11H2,1-3H3,(H,18,20). The summed E-state index contributed by atoms with van der Waals surface area (Å²) in [5, 5.41) is 2.13. The SMILES string of the molecule is CC(NC(=O)CS(=O)(=O)C(C)C)c1ccc(N2CCCC2=O)cc1. The molecule has 2 rings (SSSR count). The summed E-state index contributed by atoms with van der Waals surface area (Å²) in [6, 6.07) is 7.10. The minimum Gasteiger partial charge on any atom is -0.349 e. The van der Waals surface area contributed by atoms with Crippen molar-refractivity contribution in [1.82, 2.24) is 5.32 Å². The molecule has 0 saturated carbocycles. The second-order valence-corrected chi connectivity index (χ2v) is 8.94. The van der Waals surface area contributed by atoms with Gasteiger partial charge in [-0.1, -0.05) is 12.1 Å². The molecule has 1 fully saturated rings. The number of anilines is 1. The maximum atomic E-state index is 11.9. The molecule has 1 aromatic rings. The van der Waals surface area contributed by atoms with Gasteiger partial charge >= 0.3 is 0 Å². The van der Waals surface area contributed by atoms with E-state index in [1.54, 1.807) is 25.7 Å². The number of carbonyl (C=O) groups is 2. The van der Waals surface area contributed by atoms with Crippen molar-refractivity contribution in [3.05, 3.63) is 29.8 Å². The molecule has 1 heterocycles. The maximum absolute atomic E-state index is 11.9. The number of amides is 2. The Labute approximate surface area is 143 Å². The zero-order valence-electron chi connectivity index (χ0n) is 14.3. The highest BCUT2D eigenvalue weighted by Crippen LogP contribution is 2.23. The van der Waals surface area contributed by atoms with Gasteiger partial charge in [0.1, 0.15) is 5.75 Å². The third-order valence-electron chi connectivity index (χ3n) is 4.21. The first-order valence-corrected chi connectivity index (χ1v) is 9.83. The first-order valence-electron chi connectivity index (χ1n) is 8.12. The van der Waals surface area contributed by atoms with Gasteiger partial charge in [0.05, 0.1) is 11.3 Å². The van der Waals surface area contributed by atoms with Crippen molar-refractivity contribution in [3.63, 3.8) is 0 Å². The van der Waals surface area contributed by atoms with E-state index in [4.69, 9.17) is 0 Å². The minimum atomic E-state index is -3.41. The smallest absolute Gasteiger partial charge is 0.235 e. The average molecular weight is 352 g/mol. The lowest BCUT2D eigenvalue weighted by atomic mass is 10.1. The van der Waals surface area contributed by atoms with Crippen molar-refractivity contribution in [2.75, 3.05) is 17.2 Å². The molecule has 132 valence electrons. The Balaban J connectivity index is 1.99. The molecule has 1 saturated heterocycles. The third-order valence-corrected chi connectivity index (χ3v) is 6.31. The van der Waals surface area contributed by atoms with Crippen molar-refractivity contribution in [3.8, 4) is 0 Å². The molecule has 0 aliphatic carbocycles. The highest BCUT2D eigenvalue weighted by Gasteiger charge is 2.23. The Morgan fingerprint density at radius 1 is 1.21 bits per heavy atom. The van der Waals surface area contributed by atoms with E-state index >= 15 is 0 Å². The lowest BCUT2D eigenvalue weighted by molar-refractivity contribution is -0.119. The van der Waals surface area contributed by atoms with Crippen LogP contribution in [-0.4, -0.2) is 37.8 Å². The van der Waals surface area contributed by atoms with Crippen LogP contribution in [0, 0.1) is 0 Å². The van der Waals surface area contributed by atoms with Gasteiger partial charge < -0.3 is 10.2 Å². The van der Waals surface area contributed by atoms with Gasteiger partial charge in [-0.15, -0.1) is 0 Å². The topological polar surface area (TPSA) is 83.6 Å². The molecule has 1 N–H and O–H groups in total. The van der Waals surface area contributed by atoms with Gasteiger partial charge in [0.15, 0.2) is 9.84 Å². The quantitative estimate of drug-likeness (QED) is 0.846. The molecule has 1 atom stereocenters. The van der Waals surface area contributed by atoms with E-state index in [1.165, 1.54) is 0 Å². The third kappa shape index (κ3) is 4.35. The second kappa shape index (κ2) is 7.34. The molecule has 7 heteroatoms. The Kier molecular flexibility index (Phi) is 5.64. The van der Waals surface area contributed by atoms with E-state index in [-0.39, 0.29) is 11.9 Å². The summed E-state index contributed by atoms with van der Waals surface area (Å²) in [6.07, 6.45) is 1.45. The maximum Gasteiger partial charge on any atom is 0.235 e. The van der Waals surface area contributed by atoms with Gasteiger partial charge in [0.25, 0.3) is 0 Å². The number of rotatable bonds is 6. The zero-order valence-corrected chi connectivity index (χ0v) is 15.1. The van der Waals surface area contributed by atoms with Crippen LogP contribution in [0.15, 0.2) is 24.3 Å². The molecule has 6 nitrogen and oxygen atoms in total. The molecule has 2 amide bonds. The molecule has 24 heavy (non-hydrogen) atoms. The lowest BCUT2D eigenvalue weighted by Gasteiger charge is -2.18. The molecule has 1 aliphatic rings. The molecular formula is C17H24N2O4S. The van der Waals surface area contributed by atoms with Crippen LogP contribution in [-0.2, 0) is 19.4 Å². The molecule has 1 aromatic carbocycles. The monoisotopic (exact) mass is 352 g/mol. The molecule has 1 unspecified atom stereocenters. The van der Waals surface area contributed by atoms with Crippen LogP contribution in [0.1, 0.15) is 45.2 Å². The molecular weight excluding hydrogens is 328 g/mol. The van der Waals surface area contributed by atoms with Gasteiger partial charge in [0, 0.05) is 18.7 Å². The van der Waals surface area contributed by atoms with E-state index in [9.17, 15) is 18.0 Å². The summed E-state index contributed by atoms with van der Waals surface area (Å²) >= 11 is 0. The van der Waals surface area contributed by atoms with E-state index in [2.05, 4.69) is 5.32 Å². The van der Waals surface area contributed by atoms with E-state index in [0.29, 0.717) is 6.42 Å². The summed E-state index contributed by atoms with van der Waals surface area (Å²) in [7, 11) is -3.41. The highest BCUT2D eigenvalue weighted by molar-refractivity contribution is 7.92. The number of hydrogen-bond donors (Lipinski definition) is 1. The summed E-state index contributed by atoms with van der Waals surface area (Å²) in [6.45, 7) is 5.66. The Hall–Kier alpha value is -1.89. The number of nitrogens with one attached hydrogen (secondary N) is 1. The van der Waals surface area contributed by atoms with Crippen LogP contribution in [0.4, 0.5) is 5.69 Å². The Morgan fingerprint density at radius 2 is 1.83 bits per heavy atom. The van der Waals surface area contributed by atoms with Crippen LogP contribution in [0.25, 0.3) is 0 Å². The number of sulfone groups is 1. The van der Waals surface area contributed by atoms with Crippen LogP contribution in [0.5, 0.6) is 0 Å². The zero-order chi connectivity index (χ0) is 17.9. The Bertz CT molecular complexity index is 711. The van der Waals surface area contributed by atoms with E-state index in [0.717, 1.165) is 24.2 Å². The van der Waals surface area contributed by atoms with Crippen molar-refractivity contribution >= 4 is 27.3 Å². The first kappa shape index (κ1) is 18.4. The molecule has 0 aromatic heterocycles. The fourth-order valence-corrected chi connectivity index (χ4v) is 3.36. The van der Waals surface area contributed by atoms with Gasteiger partial charge in [-0.3, -0.25) is 9.59 Å². The van der Waals surface area contributed by atoms with Crippen LogP contribution >= 0.6 is 0 Å². The van der Waals surface area contributed by atoms with Gasteiger partial charge in [-0.2, -0.15) is 0 Å².